The molecule has 1 spiro atoms. The van der Waals surface area contributed by atoms with Crippen LogP contribution in [0.1, 0.15) is 65.2 Å². The van der Waals surface area contributed by atoms with Crippen molar-refractivity contribution in [3.63, 3.8) is 0 Å². The average Bonchev–Trinajstić information content (AvgIpc) is 2.82. The van der Waals surface area contributed by atoms with Crippen LogP contribution in [0.4, 0.5) is 0 Å². The van der Waals surface area contributed by atoms with Crippen molar-refractivity contribution >= 4 is 11.8 Å². The number of carbonyl (C=O) groups is 2. The number of carbonyl (C=O) groups excluding carboxylic acids is 2. The molecule has 3 nitrogen and oxygen atoms in total. The van der Waals surface area contributed by atoms with E-state index in [-0.39, 0.29) is 22.7 Å². The first kappa shape index (κ1) is 16.4. The second-order valence-electron chi connectivity index (χ2n) is 9.54. The minimum Gasteiger partial charge on any atom is -0.469 e. The largest absolute Gasteiger partial charge is 0.469 e. The second-order valence-corrected chi connectivity index (χ2v) is 9.54. The first-order valence-electron chi connectivity index (χ1n) is 9.56. The summed E-state index contributed by atoms with van der Waals surface area (Å²) < 4.78 is 5.20. The zero-order valence-electron chi connectivity index (χ0n) is 15.3. The topological polar surface area (TPSA) is 43.4 Å². The summed E-state index contributed by atoms with van der Waals surface area (Å²) in [6.45, 7) is 8.72. The van der Waals surface area contributed by atoms with E-state index >= 15 is 0 Å². The molecular formula is C21H30O3. The van der Waals surface area contributed by atoms with Gasteiger partial charge in [-0.15, -0.1) is 0 Å². The van der Waals surface area contributed by atoms with Crippen LogP contribution in [0.5, 0.6) is 0 Å². The van der Waals surface area contributed by atoms with Crippen LogP contribution in [0, 0.1) is 34.0 Å². The third kappa shape index (κ3) is 1.84. The van der Waals surface area contributed by atoms with Gasteiger partial charge in [-0.05, 0) is 68.1 Å². The Labute approximate surface area is 145 Å². The van der Waals surface area contributed by atoms with Crippen molar-refractivity contribution in [2.45, 2.75) is 65.2 Å². The summed E-state index contributed by atoms with van der Waals surface area (Å²) >= 11 is 0. The Hall–Kier alpha value is -1.12. The van der Waals surface area contributed by atoms with Crippen LogP contribution < -0.4 is 0 Å². The van der Waals surface area contributed by atoms with E-state index in [9.17, 15) is 9.59 Å². The first-order valence-corrected chi connectivity index (χ1v) is 9.56. The first-order chi connectivity index (χ1) is 11.3. The minimum atomic E-state index is -0.390. The second kappa shape index (κ2) is 4.95. The molecule has 4 rings (SSSR count). The lowest BCUT2D eigenvalue weighted by molar-refractivity contribution is -0.184. The molecule has 24 heavy (non-hydrogen) atoms. The third-order valence-corrected chi connectivity index (χ3v) is 8.57. The number of fused-ring (bicyclic) bond motifs is 3. The van der Waals surface area contributed by atoms with E-state index in [1.807, 2.05) is 0 Å². The number of ether oxygens (including phenoxy) is 1. The maximum absolute atomic E-state index is 12.7. The number of ketones is 1. The Morgan fingerprint density at radius 3 is 2.67 bits per heavy atom. The van der Waals surface area contributed by atoms with Gasteiger partial charge in [0.1, 0.15) is 5.78 Å². The average molecular weight is 330 g/mol. The van der Waals surface area contributed by atoms with Gasteiger partial charge in [0.15, 0.2) is 0 Å². The van der Waals surface area contributed by atoms with Gasteiger partial charge in [0, 0.05) is 12.3 Å². The Morgan fingerprint density at radius 2 is 1.96 bits per heavy atom. The van der Waals surface area contributed by atoms with E-state index in [2.05, 4.69) is 20.4 Å². The fraction of sp³-hybridized carbons (Fsp3) is 0.810. The molecule has 0 radical (unpaired) electrons. The molecule has 0 heterocycles. The van der Waals surface area contributed by atoms with Gasteiger partial charge in [-0.3, -0.25) is 9.59 Å². The van der Waals surface area contributed by atoms with E-state index in [1.165, 1.54) is 12.7 Å². The Bertz CT molecular complexity index is 623. The normalized spacial score (nSPS) is 50.2. The molecule has 0 aliphatic heterocycles. The smallest absolute Gasteiger partial charge is 0.311 e. The molecule has 0 saturated heterocycles. The highest BCUT2D eigenvalue weighted by Gasteiger charge is 2.66. The SMILES string of the molecule is C=C1C[C@@]23CC[C@H]4[C@@](C)(CCC[C@@]4(C)C(=O)OC)[C@@H]2CC(=O)[C@@H]1C3. The summed E-state index contributed by atoms with van der Waals surface area (Å²) in [5.41, 5.74) is 1.13. The third-order valence-electron chi connectivity index (χ3n) is 8.57. The molecule has 132 valence electrons. The zero-order chi connectivity index (χ0) is 17.3. The molecule has 4 fully saturated rings. The fourth-order valence-electron chi connectivity index (χ4n) is 7.55. The standard InChI is InChI=1S/C21H30O3/c1-13-11-21-9-6-16-19(2,17(21)10-15(22)14(13)12-21)7-5-8-20(16,3)18(23)24-4/h14,16-17H,1,5-12H2,2-4H3/t14-,16+,17+,19-,20-,21-/m1/s1. The fourth-order valence-corrected chi connectivity index (χ4v) is 7.55. The van der Waals surface area contributed by atoms with E-state index in [0.29, 0.717) is 24.0 Å². The predicted molar refractivity (Wildman–Crippen MR) is 92.2 cm³/mol. The van der Waals surface area contributed by atoms with E-state index in [0.717, 1.165) is 44.9 Å². The number of hydrogen-bond acceptors (Lipinski definition) is 3. The predicted octanol–water partition coefficient (Wildman–Crippen LogP) is 4.31. The van der Waals surface area contributed by atoms with Crippen molar-refractivity contribution < 1.29 is 14.3 Å². The highest BCUT2D eigenvalue weighted by Crippen LogP contribution is 2.71. The highest BCUT2D eigenvalue weighted by molar-refractivity contribution is 5.86. The Balaban J connectivity index is 1.76. The molecule has 0 aromatic rings. The molecule has 0 N–H and O–H groups in total. The van der Waals surface area contributed by atoms with Gasteiger partial charge < -0.3 is 4.74 Å². The molecule has 0 aromatic heterocycles. The van der Waals surface area contributed by atoms with Crippen LogP contribution in [0.15, 0.2) is 12.2 Å². The maximum atomic E-state index is 12.7. The lowest BCUT2D eigenvalue weighted by atomic mass is 9.41. The van der Waals surface area contributed by atoms with Gasteiger partial charge in [-0.2, -0.15) is 0 Å². The molecule has 2 bridgehead atoms. The van der Waals surface area contributed by atoms with Crippen molar-refractivity contribution in [2.24, 2.45) is 34.0 Å². The number of rotatable bonds is 1. The number of esters is 1. The monoisotopic (exact) mass is 330 g/mol. The quantitative estimate of drug-likeness (QED) is 0.531. The van der Waals surface area contributed by atoms with Gasteiger partial charge in [0.05, 0.1) is 12.5 Å². The van der Waals surface area contributed by atoms with Crippen LogP contribution >= 0.6 is 0 Å². The summed E-state index contributed by atoms with van der Waals surface area (Å²) in [5.74, 6) is 1.23. The van der Waals surface area contributed by atoms with Gasteiger partial charge in [-0.1, -0.05) is 25.5 Å². The lowest BCUT2D eigenvalue weighted by Crippen LogP contribution is -2.59. The zero-order valence-corrected chi connectivity index (χ0v) is 15.3. The van der Waals surface area contributed by atoms with Crippen molar-refractivity contribution in [3.05, 3.63) is 12.2 Å². The molecular weight excluding hydrogens is 300 g/mol. The number of allylic oxidation sites excluding steroid dienone is 1. The van der Waals surface area contributed by atoms with Crippen LogP contribution in [0.3, 0.4) is 0 Å². The van der Waals surface area contributed by atoms with Crippen molar-refractivity contribution in [3.8, 4) is 0 Å². The number of Topliss-reactive ketones (excluding diaryl/α,β-unsaturated/α-hetero) is 1. The van der Waals surface area contributed by atoms with Crippen LogP contribution in [-0.4, -0.2) is 18.9 Å². The summed E-state index contributed by atoms with van der Waals surface area (Å²) in [4.78, 5) is 25.3. The summed E-state index contributed by atoms with van der Waals surface area (Å²) in [7, 11) is 1.51. The minimum absolute atomic E-state index is 0.0507. The molecule has 4 aliphatic rings. The van der Waals surface area contributed by atoms with Crippen LogP contribution in [0.2, 0.25) is 0 Å². The lowest BCUT2D eigenvalue weighted by Gasteiger charge is -2.63. The van der Waals surface area contributed by atoms with Crippen molar-refractivity contribution in [2.75, 3.05) is 7.11 Å². The molecule has 6 atom stereocenters. The van der Waals surface area contributed by atoms with Crippen LogP contribution in [-0.2, 0) is 14.3 Å². The van der Waals surface area contributed by atoms with Gasteiger partial charge in [0.2, 0.25) is 0 Å². The highest BCUT2D eigenvalue weighted by atomic mass is 16.5. The molecule has 4 aliphatic carbocycles. The summed E-state index contributed by atoms with van der Waals surface area (Å²) in [6.07, 6.45) is 8.11. The summed E-state index contributed by atoms with van der Waals surface area (Å²) in [6, 6.07) is 0. The van der Waals surface area contributed by atoms with Crippen molar-refractivity contribution in [1.29, 1.82) is 0 Å². The van der Waals surface area contributed by atoms with Gasteiger partial charge in [0.25, 0.3) is 0 Å². The maximum Gasteiger partial charge on any atom is 0.311 e. The molecule has 0 aromatic carbocycles. The molecule has 0 amide bonds. The number of hydrogen-bond donors (Lipinski definition) is 0. The van der Waals surface area contributed by atoms with E-state index in [4.69, 9.17) is 4.74 Å². The Morgan fingerprint density at radius 1 is 1.21 bits per heavy atom. The van der Waals surface area contributed by atoms with E-state index in [1.54, 1.807) is 0 Å². The van der Waals surface area contributed by atoms with E-state index < -0.39 is 5.41 Å². The van der Waals surface area contributed by atoms with Gasteiger partial charge in [-0.25, -0.2) is 0 Å². The van der Waals surface area contributed by atoms with Crippen molar-refractivity contribution in [1.82, 2.24) is 0 Å². The summed E-state index contributed by atoms with van der Waals surface area (Å²) in [5, 5.41) is 0. The van der Waals surface area contributed by atoms with Crippen LogP contribution in [0.25, 0.3) is 0 Å². The molecule has 4 saturated carbocycles. The van der Waals surface area contributed by atoms with Gasteiger partial charge >= 0.3 is 5.97 Å². The molecule has 0 unspecified atom stereocenters. The Kier molecular flexibility index (Phi) is 3.38. The molecule has 3 heteroatoms. The number of methoxy groups -OCH3 is 1.